The number of aliphatic hydroxyl groups is 1. The average Bonchev–Trinajstić information content (AvgIpc) is 2.24. The Morgan fingerprint density at radius 3 is 2.17 bits per heavy atom. The van der Waals surface area contributed by atoms with Crippen LogP contribution in [0, 0.1) is 5.41 Å². The van der Waals surface area contributed by atoms with Crippen LogP contribution in [0.4, 0.5) is 8.78 Å². The van der Waals surface area contributed by atoms with Crippen LogP contribution in [0.15, 0.2) is 0 Å². The highest BCUT2D eigenvalue weighted by molar-refractivity contribution is 7.91. The van der Waals surface area contributed by atoms with Crippen molar-refractivity contribution < 1.29 is 22.3 Å². The van der Waals surface area contributed by atoms with E-state index in [9.17, 15) is 22.3 Å². The monoisotopic (exact) mass is 283 g/mol. The van der Waals surface area contributed by atoms with E-state index in [1.165, 1.54) is 0 Å². The molecule has 1 saturated carbocycles. The molecular weight excluding hydrogens is 264 g/mol. The lowest BCUT2D eigenvalue weighted by Gasteiger charge is -2.53. The van der Waals surface area contributed by atoms with Crippen molar-refractivity contribution in [2.45, 2.75) is 38.3 Å². The molecular formula is C11H19F2NO3S. The first kappa shape index (κ1) is 14.1. The number of alkyl halides is 2. The zero-order valence-electron chi connectivity index (χ0n) is 10.4. The Balaban J connectivity index is 2.01. The SMILES string of the molecule is CCC1(C(O)N2CCS(=O)(=O)CC2)CC(F)(F)C1. The van der Waals surface area contributed by atoms with Gasteiger partial charge in [0, 0.05) is 31.3 Å². The van der Waals surface area contributed by atoms with Gasteiger partial charge < -0.3 is 5.11 Å². The highest BCUT2D eigenvalue weighted by Gasteiger charge is 2.60. The highest BCUT2D eigenvalue weighted by Crippen LogP contribution is 2.56. The first-order chi connectivity index (χ1) is 8.20. The Kier molecular flexibility index (Phi) is 3.44. The molecule has 2 fully saturated rings. The second-order valence-corrected chi connectivity index (χ2v) is 7.79. The van der Waals surface area contributed by atoms with E-state index >= 15 is 0 Å². The maximum absolute atomic E-state index is 13.0. The standard InChI is InChI=1S/C11H19F2NO3S/c1-2-10(7-11(12,13)8-10)9(15)14-3-5-18(16,17)6-4-14/h9,15H,2-8H2,1H3. The van der Waals surface area contributed by atoms with Crippen LogP contribution in [0.1, 0.15) is 26.2 Å². The molecule has 1 aliphatic carbocycles. The summed E-state index contributed by atoms with van der Waals surface area (Å²) in [7, 11) is -3.01. The van der Waals surface area contributed by atoms with E-state index in [0.29, 0.717) is 6.42 Å². The van der Waals surface area contributed by atoms with Crippen LogP contribution >= 0.6 is 0 Å². The third-order valence-corrected chi connectivity index (χ3v) is 5.81. The molecule has 0 aromatic rings. The number of hydrogen-bond donors (Lipinski definition) is 1. The van der Waals surface area contributed by atoms with E-state index in [2.05, 4.69) is 0 Å². The second kappa shape index (κ2) is 4.38. The zero-order chi connectivity index (χ0) is 13.6. The molecule has 1 aliphatic heterocycles. The topological polar surface area (TPSA) is 57.6 Å². The summed E-state index contributed by atoms with van der Waals surface area (Å²) in [4.78, 5) is 1.62. The molecule has 2 aliphatic rings. The van der Waals surface area contributed by atoms with Crippen LogP contribution < -0.4 is 0 Å². The van der Waals surface area contributed by atoms with Gasteiger partial charge in [-0.2, -0.15) is 0 Å². The Hall–Kier alpha value is -0.270. The molecule has 1 N–H and O–H groups in total. The van der Waals surface area contributed by atoms with Crippen molar-refractivity contribution in [2.75, 3.05) is 24.6 Å². The molecule has 106 valence electrons. The molecule has 0 aromatic carbocycles. The molecule has 0 radical (unpaired) electrons. The number of aliphatic hydroxyl groups excluding tert-OH is 1. The fourth-order valence-corrected chi connectivity index (χ4v) is 4.18. The molecule has 1 atom stereocenters. The van der Waals surface area contributed by atoms with Gasteiger partial charge in [-0.1, -0.05) is 6.92 Å². The van der Waals surface area contributed by atoms with Crippen molar-refractivity contribution in [3.8, 4) is 0 Å². The average molecular weight is 283 g/mol. The third-order valence-electron chi connectivity index (χ3n) is 4.20. The first-order valence-corrected chi connectivity index (χ1v) is 8.02. The molecule has 7 heteroatoms. The summed E-state index contributed by atoms with van der Waals surface area (Å²) in [6, 6.07) is 0. The molecule has 0 amide bonds. The number of rotatable bonds is 3. The minimum Gasteiger partial charge on any atom is -0.378 e. The lowest BCUT2D eigenvalue weighted by molar-refractivity contribution is -0.232. The smallest absolute Gasteiger partial charge is 0.249 e. The largest absolute Gasteiger partial charge is 0.378 e. The number of sulfone groups is 1. The van der Waals surface area contributed by atoms with Crippen molar-refractivity contribution in [1.82, 2.24) is 4.90 Å². The lowest BCUT2D eigenvalue weighted by atomic mass is 9.62. The Bertz CT molecular complexity index is 402. The lowest BCUT2D eigenvalue weighted by Crippen LogP contribution is -2.60. The first-order valence-electron chi connectivity index (χ1n) is 6.20. The third kappa shape index (κ3) is 2.53. The van der Waals surface area contributed by atoms with Crippen LogP contribution in [0.3, 0.4) is 0 Å². The van der Waals surface area contributed by atoms with Gasteiger partial charge in [-0.3, -0.25) is 4.90 Å². The summed E-state index contributed by atoms with van der Waals surface area (Å²) in [6.07, 6.45) is -1.09. The second-order valence-electron chi connectivity index (χ2n) is 5.49. The van der Waals surface area contributed by atoms with E-state index in [0.717, 1.165) is 0 Å². The normalized spacial score (nSPS) is 31.6. The van der Waals surface area contributed by atoms with Gasteiger partial charge in [0.15, 0.2) is 9.84 Å². The van der Waals surface area contributed by atoms with Crippen molar-refractivity contribution in [2.24, 2.45) is 5.41 Å². The van der Waals surface area contributed by atoms with Crippen LogP contribution in [-0.2, 0) is 9.84 Å². The molecule has 18 heavy (non-hydrogen) atoms. The van der Waals surface area contributed by atoms with E-state index in [1.54, 1.807) is 11.8 Å². The van der Waals surface area contributed by atoms with Crippen molar-refractivity contribution in [3.05, 3.63) is 0 Å². The van der Waals surface area contributed by atoms with Crippen molar-refractivity contribution >= 4 is 9.84 Å². The van der Waals surface area contributed by atoms with Crippen molar-refractivity contribution in [1.29, 1.82) is 0 Å². The zero-order valence-corrected chi connectivity index (χ0v) is 11.2. The summed E-state index contributed by atoms with van der Waals surface area (Å²) in [6.45, 7) is 2.26. The molecule has 0 bridgehead atoms. The van der Waals surface area contributed by atoms with Crippen LogP contribution in [-0.4, -0.2) is 55.2 Å². The molecule has 0 aromatic heterocycles. The van der Waals surface area contributed by atoms with Gasteiger partial charge in [-0.25, -0.2) is 17.2 Å². The predicted molar refractivity (Wildman–Crippen MR) is 63.1 cm³/mol. The Labute approximate surface area is 106 Å². The molecule has 2 rings (SSSR count). The van der Waals surface area contributed by atoms with Gasteiger partial charge in [-0.05, 0) is 6.42 Å². The minimum atomic E-state index is -3.01. The Morgan fingerprint density at radius 2 is 1.78 bits per heavy atom. The van der Waals surface area contributed by atoms with Gasteiger partial charge in [0.25, 0.3) is 0 Å². The van der Waals surface area contributed by atoms with Crippen LogP contribution in [0.5, 0.6) is 0 Å². The fourth-order valence-electron chi connectivity index (χ4n) is 2.95. The van der Waals surface area contributed by atoms with E-state index in [-0.39, 0.29) is 37.4 Å². The summed E-state index contributed by atoms with van der Waals surface area (Å²) >= 11 is 0. The van der Waals surface area contributed by atoms with Gasteiger partial charge >= 0.3 is 0 Å². The number of nitrogens with zero attached hydrogens (tertiary/aromatic N) is 1. The maximum Gasteiger partial charge on any atom is 0.249 e. The maximum atomic E-state index is 13.0. The van der Waals surface area contributed by atoms with Gasteiger partial charge in [0.1, 0.15) is 6.23 Å². The van der Waals surface area contributed by atoms with Gasteiger partial charge in [0.05, 0.1) is 11.5 Å². The van der Waals surface area contributed by atoms with Gasteiger partial charge in [-0.15, -0.1) is 0 Å². The molecule has 0 spiro atoms. The predicted octanol–water partition coefficient (Wildman–Crippen LogP) is 0.861. The highest BCUT2D eigenvalue weighted by atomic mass is 32.2. The van der Waals surface area contributed by atoms with Crippen LogP contribution in [0.2, 0.25) is 0 Å². The molecule has 1 saturated heterocycles. The van der Waals surface area contributed by atoms with Crippen LogP contribution in [0.25, 0.3) is 0 Å². The van der Waals surface area contributed by atoms with Crippen molar-refractivity contribution in [3.63, 3.8) is 0 Å². The fraction of sp³-hybridized carbons (Fsp3) is 1.00. The van der Waals surface area contributed by atoms with E-state index in [1.807, 2.05) is 0 Å². The number of halogens is 2. The Morgan fingerprint density at radius 1 is 1.28 bits per heavy atom. The molecule has 1 unspecified atom stereocenters. The molecule has 4 nitrogen and oxygen atoms in total. The van der Waals surface area contributed by atoms with Gasteiger partial charge in [0.2, 0.25) is 5.92 Å². The van der Waals surface area contributed by atoms with E-state index < -0.39 is 27.4 Å². The summed E-state index contributed by atoms with van der Waals surface area (Å²) in [5.41, 5.74) is -0.773. The minimum absolute atomic E-state index is 0.000245. The molecule has 1 heterocycles. The summed E-state index contributed by atoms with van der Waals surface area (Å²) in [5.74, 6) is -2.68. The quantitative estimate of drug-likeness (QED) is 0.834. The summed E-state index contributed by atoms with van der Waals surface area (Å²) < 4.78 is 48.7. The van der Waals surface area contributed by atoms with E-state index in [4.69, 9.17) is 0 Å². The number of hydrogen-bond acceptors (Lipinski definition) is 4. The summed E-state index contributed by atoms with van der Waals surface area (Å²) in [5, 5.41) is 10.2.